The van der Waals surface area contributed by atoms with Gasteiger partial charge in [-0.25, -0.2) is 0 Å². The van der Waals surface area contributed by atoms with Crippen molar-refractivity contribution in [1.82, 2.24) is 5.32 Å². The summed E-state index contributed by atoms with van der Waals surface area (Å²) >= 11 is 0. The summed E-state index contributed by atoms with van der Waals surface area (Å²) in [6, 6.07) is 8.18. The monoisotopic (exact) mass is 451 g/mol. The second-order valence-electron chi connectivity index (χ2n) is 8.39. The summed E-state index contributed by atoms with van der Waals surface area (Å²) in [7, 11) is 1.69. The number of carboxylic acids is 1. The summed E-state index contributed by atoms with van der Waals surface area (Å²) in [5.41, 5.74) is 1.19. The van der Waals surface area contributed by atoms with E-state index in [-0.39, 0.29) is 24.5 Å². The number of carboxylic acid groups (broad SMARTS) is 1. The highest BCUT2D eigenvalue weighted by molar-refractivity contribution is 5.69. The molecule has 0 saturated carbocycles. The topological polar surface area (TPSA) is 94.1 Å². The second kappa shape index (κ2) is 17.4. The van der Waals surface area contributed by atoms with Gasteiger partial charge in [0.1, 0.15) is 18.5 Å². The zero-order valence-corrected chi connectivity index (χ0v) is 19.9. The van der Waals surface area contributed by atoms with Gasteiger partial charge in [-0.1, -0.05) is 51.7 Å². The molecule has 1 rings (SSSR count). The van der Waals surface area contributed by atoms with E-state index in [1.807, 2.05) is 24.3 Å². The van der Waals surface area contributed by atoms with E-state index in [1.165, 1.54) is 5.56 Å². The molecule has 1 aromatic rings. The van der Waals surface area contributed by atoms with Gasteiger partial charge in [0.05, 0.1) is 6.61 Å². The van der Waals surface area contributed by atoms with Gasteiger partial charge in [0, 0.05) is 32.5 Å². The maximum atomic E-state index is 12.3. The van der Waals surface area contributed by atoms with E-state index in [4.69, 9.17) is 19.3 Å². The first-order valence-electron chi connectivity index (χ1n) is 11.8. The highest BCUT2D eigenvalue weighted by atomic mass is 16.6. The van der Waals surface area contributed by atoms with E-state index in [9.17, 15) is 9.59 Å². The summed E-state index contributed by atoms with van der Waals surface area (Å²) in [4.78, 5) is 22.8. The summed E-state index contributed by atoms with van der Waals surface area (Å²) in [5, 5.41) is 11.9. The lowest BCUT2D eigenvalue weighted by atomic mass is 10.1. The van der Waals surface area contributed by atoms with Gasteiger partial charge >= 0.3 is 11.9 Å². The van der Waals surface area contributed by atoms with Gasteiger partial charge in [-0.15, -0.1) is 0 Å². The van der Waals surface area contributed by atoms with Crippen molar-refractivity contribution in [3.05, 3.63) is 29.8 Å². The van der Waals surface area contributed by atoms with Crippen molar-refractivity contribution >= 4 is 11.9 Å². The average molecular weight is 452 g/mol. The number of esters is 1. The fourth-order valence-electron chi connectivity index (χ4n) is 3.16. The van der Waals surface area contributed by atoms with Crippen LogP contribution in [0.4, 0.5) is 0 Å². The fraction of sp³-hybridized carbons (Fsp3) is 0.680. The number of nitrogens with one attached hydrogen (secondary N) is 1. The lowest BCUT2D eigenvalue weighted by molar-refractivity contribution is -0.150. The molecule has 0 aliphatic heterocycles. The van der Waals surface area contributed by atoms with Crippen molar-refractivity contribution in [3.8, 4) is 5.75 Å². The molecule has 1 unspecified atom stereocenters. The zero-order chi connectivity index (χ0) is 23.6. The van der Waals surface area contributed by atoms with Crippen LogP contribution in [-0.2, 0) is 25.5 Å². The van der Waals surface area contributed by atoms with Crippen molar-refractivity contribution in [3.63, 3.8) is 0 Å². The molecule has 0 amide bonds. The normalized spacial score (nSPS) is 12.0. The van der Waals surface area contributed by atoms with E-state index < -0.39 is 5.97 Å². The van der Waals surface area contributed by atoms with Crippen LogP contribution in [0.25, 0.3) is 0 Å². The Hall–Kier alpha value is -2.12. The number of carbonyl (C=O) groups is 2. The summed E-state index contributed by atoms with van der Waals surface area (Å²) in [6.45, 7) is 5.62. The maximum Gasteiger partial charge on any atom is 0.306 e. The number of hydrogen-bond acceptors (Lipinski definition) is 6. The van der Waals surface area contributed by atoms with Gasteiger partial charge in [0.15, 0.2) is 0 Å². The van der Waals surface area contributed by atoms with Crippen LogP contribution in [0.5, 0.6) is 5.75 Å². The first kappa shape index (κ1) is 27.9. The fourth-order valence-corrected chi connectivity index (χ4v) is 3.16. The van der Waals surface area contributed by atoms with E-state index in [2.05, 4.69) is 19.2 Å². The number of carbonyl (C=O) groups excluding carboxylic acids is 1. The standard InChI is InChI=1S/C25H41NO6/c1-20(2)26-18-23(19-31-22-14-12-21(13-15-22)16-17-30-3)32-25(29)11-9-7-5-4-6-8-10-24(27)28/h12-15,20,23,26H,4-11,16-19H2,1-3H3,(H,27,28). The van der Waals surface area contributed by atoms with E-state index in [0.717, 1.165) is 50.7 Å². The van der Waals surface area contributed by atoms with Crippen molar-refractivity contribution in [2.24, 2.45) is 0 Å². The van der Waals surface area contributed by atoms with Crippen molar-refractivity contribution < 1.29 is 28.9 Å². The summed E-state index contributed by atoms with van der Waals surface area (Å²) < 4.78 is 16.6. The molecule has 7 nitrogen and oxygen atoms in total. The molecule has 0 aliphatic rings. The molecule has 0 spiro atoms. The first-order valence-corrected chi connectivity index (χ1v) is 11.8. The van der Waals surface area contributed by atoms with Gasteiger partial charge in [-0.05, 0) is 37.0 Å². The third-order valence-corrected chi connectivity index (χ3v) is 5.03. The molecule has 1 aromatic carbocycles. The molecule has 1 atom stereocenters. The van der Waals surface area contributed by atoms with Crippen LogP contribution in [0.15, 0.2) is 24.3 Å². The molecule has 0 fully saturated rings. The number of unbranched alkanes of at least 4 members (excludes halogenated alkanes) is 5. The first-order chi connectivity index (χ1) is 15.4. The van der Waals surface area contributed by atoms with Crippen LogP contribution in [0.3, 0.4) is 0 Å². The Morgan fingerprint density at radius 1 is 0.969 bits per heavy atom. The van der Waals surface area contributed by atoms with Gasteiger partial charge in [-0.3, -0.25) is 9.59 Å². The SMILES string of the molecule is COCCc1ccc(OCC(CNC(C)C)OC(=O)CCCCCCCCC(=O)O)cc1. The molecule has 0 aliphatic carbocycles. The smallest absolute Gasteiger partial charge is 0.306 e. The maximum absolute atomic E-state index is 12.3. The predicted molar refractivity (Wildman–Crippen MR) is 125 cm³/mol. The molecule has 7 heteroatoms. The molecule has 0 saturated heterocycles. The molecule has 32 heavy (non-hydrogen) atoms. The van der Waals surface area contributed by atoms with Gasteiger partial charge < -0.3 is 24.6 Å². The Balaban J connectivity index is 2.33. The van der Waals surface area contributed by atoms with Crippen LogP contribution in [0.1, 0.15) is 70.8 Å². The molecular weight excluding hydrogens is 410 g/mol. The number of benzene rings is 1. The number of ether oxygens (including phenoxy) is 3. The lowest BCUT2D eigenvalue weighted by Gasteiger charge is -2.20. The number of hydrogen-bond donors (Lipinski definition) is 2. The quantitative estimate of drug-likeness (QED) is 0.238. The molecule has 0 heterocycles. The van der Waals surface area contributed by atoms with Crippen LogP contribution in [0.2, 0.25) is 0 Å². The van der Waals surface area contributed by atoms with Crippen molar-refractivity contribution in [1.29, 1.82) is 0 Å². The van der Waals surface area contributed by atoms with Crippen LogP contribution >= 0.6 is 0 Å². The summed E-state index contributed by atoms with van der Waals surface area (Å²) in [5.74, 6) is -0.193. The van der Waals surface area contributed by atoms with Crippen LogP contribution < -0.4 is 10.1 Å². The minimum absolute atomic E-state index is 0.204. The minimum atomic E-state index is -0.739. The van der Waals surface area contributed by atoms with E-state index in [0.29, 0.717) is 26.2 Å². The number of rotatable bonds is 19. The number of methoxy groups -OCH3 is 1. The van der Waals surface area contributed by atoms with Crippen LogP contribution in [0, 0.1) is 0 Å². The van der Waals surface area contributed by atoms with Gasteiger partial charge in [0.25, 0.3) is 0 Å². The Labute approximate surface area is 192 Å². The third-order valence-electron chi connectivity index (χ3n) is 5.03. The molecule has 182 valence electrons. The van der Waals surface area contributed by atoms with E-state index >= 15 is 0 Å². The predicted octanol–water partition coefficient (Wildman–Crippen LogP) is 4.37. The molecule has 0 radical (unpaired) electrons. The van der Waals surface area contributed by atoms with Gasteiger partial charge in [-0.2, -0.15) is 0 Å². The lowest BCUT2D eigenvalue weighted by Crippen LogP contribution is -2.38. The average Bonchev–Trinajstić information content (AvgIpc) is 2.76. The van der Waals surface area contributed by atoms with Crippen LogP contribution in [-0.4, -0.2) is 56.1 Å². The summed E-state index contributed by atoms with van der Waals surface area (Å²) in [6.07, 6.45) is 6.51. The van der Waals surface area contributed by atoms with E-state index in [1.54, 1.807) is 7.11 Å². The molecular formula is C25H41NO6. The molecule has 0 bridgehead atoms. The second-order valence-corrected chi connectivity index (χ2v) is 8.39. The highest BCUT2D eigenvalue weighted by Crippen LogP contribution is 2.14. The Morgan fingerprint density at radius 3 is 2.19 bits per heavy atom. The Kier molecular flexibility index (Phi) is 15.2. The minimum Gasteiger partial charge on any atom is -0.490 e. The third kappa shape index (κ3) is 14.8. The highest BCUT2D eigenvalue weighted by Gasteiger charge is 2.16. The van der Waals surface area contributed by atoms with Crippen molar-refractivity contribution in [2.75, 3.05) is 26.9 Å². The Morgan fingerprint density at radius 2 is 1.59 bits per heavy atom. The molecule has 2 N–H and O–H groups in total. The van der Waals surface area contributed by atoms with Crippen molar-refractivity contribution in [2.45, 2.75) is 83.8 Å². The van der Waals surface area contributed by atoms with Gasteiger partial charge in [0.2, 0.25) is 0 Å². The largest absolute Gasteiger partial charge is 0.490 e. The molecule has 0 aromatic heterocycles. The number of aliphatic carboxylic acids is 1. The zero-order valence-electron chi connectivity index (χ0n) is 19.9. The Bertz CT molecular complexity index is 632.